The van der Waals surface area contributed by atoms with Crippen LogP contribution < -0.4 is 16.0 Å². The zero-order chi connectivity index (χ0) is 13.4. The van der Waals surface area contributed by atoms with Crippen LogP contribution in [0.25, 0.3) is 0 Å². The number of hydrogen-bond donors (Lipinski definition) is 3. The first kappa shape index (κ1) is 17.7. The molecule has 0 saturated heterocycles. The molecule has 106 valence electrons. The number of hydrogen-bond acceptors (Lipinski definition) is 2. The van der Waals surface area contributed by atoms with Gasteiger partial charge >= 0.3 is 0 Å². The number of benzene rings is 1. The molecule has 0 radical (unpaired) electrons. The summed E-state index contributed by atoms with van der Waals surface area (Å²) >= 11 is 0. The molecule has 1 aromatic carbocycles. The van der Waals surface area contributed by atoms with Crippen LogP contribution in [0.2, 0.25) is 0 Å². The van der Waals surface area contributed by atoms with Crippen molar-refractivity contribution in [2.24, 2.45) is 4.99 Å². The molecule has 6 heteroatoms. The van der Waals surface area contributed by atoms with Crippen LogP contribution in [-0.2, 0) is 6.54 Å². The minimum absolute atomic E-state index is 0. The maximum Gasteiger partial charge on any atom is 0.251 e. The second-order valence-corrected chi connectivity index (χ2v) is 3.73. The predicted octanol–water partition coefficient (Wildman–Crippen LogP) is 1.35. The number of nitrogens with one attached hydrogen (secondary N) is 3. The first-order valence-electron chi connectivity index (χ1n) is 5.96. The van der Waals surface area contributed by atoms with Gasteiger partial charge in [-0.25, -0.2) is 0 Å². The molecule has 0 spiro atoms. The highest BCUT2D eigenvalue weighted by atomic mass is 127. The maximum absolute atomic E-state index is 11.6. The van der Waals surface area contributed by atoms with E-state index < -0.39 is 0 Å². The molecule has 1 amide bonds. The second kappa shape index (κ2) is 9.60. The van der Waals surface area contributed by atoms with Gasteiger partial charge in [0.2, 0.25) is 0 Å². The number of halogens is 1. The average Bonchev–Trinajstić information content (AvgIpc) is 2.41. The van der Waals surface area contributed by atoms with E-state index in [9.17, 15) is 4.79 Å². The third kappa shape index (κ3) is 5.91. The maximum atomic E-state index is 11.6. The summed E-state index contributed by atoms with van der Waals surface area (Å²) in [4.78, 5) is 15.6. The summed E-state index contributed by atoms with van der Waals surface area (Å²) in [5, 5.41) is 8.86. The van der Waals surface area contributed by atoms with E-state index in [1.165, 1.54) is 0 Å². The highest BCUT2D eigenvalue weighted by Crippen LogP contribution is 2.04. The largest absolute Gasteiger partial charge is 0.359 e. The van der Waals surface area contributed by atoms with Gasteiger partial charge in [0.25, 0.3) is 5.91 Å². The Hall–Kier alpha value is -1.31. The van der Waals surface area contributed by atoms with Gasteiger partial charge in [-0.1, -0.05) is 12.1 Å². The van der Waals surface area contributed by atoms with Gasteiger partial charge in [0.1, 0.15) is 0 Å². The topological polar surface area (TPSA) is 65.5 Å². The van der Waals surface area contributed by atoms with E-state index >= 15 is 0 Å². The monoisotopic (exact) mass is 376 g/mol. The molecule has 0 atom stereocenters. The smallest absolute Gasteiger partial charge is 0.251 e. The van der Waals surface area contributed by atoms with Crippen molar-refractivity contribution in [3.8, 4) is 0 Å². The second-order valence-electron chi connectivity index (χ2n) is 3.73. The lowest BCUT2D eigenvalue weighted by Crippen LogP contribution is -2.34. The van der Waals surface area contributed by atoms with E-state index in [1.807, 2.05) is 38.2 Å². The highest BCUT2D eigenvalue weighted by Gasteiger charge is 2.03. The first-order valence-corrected chi connectivity index (χ1v) is 5.96. The lowest BCUT2D eigenvalue weighted by Gasteiger charge is -2.09. The molecule has 5 nitrogen and oxygen atoms in total. The molecule has 0 bridgehead atoms. The standard InChI is InChI=1S/C13H20N4O.HI/c1-4-16-12(18)11-7-5-10(6-8-11)9-17-13(14-2)15-3;/h5-8H,4,9H2,1-3H3,(H,16,18)(H2,14,15,17);1H. The van der Waals surface area contributed by atoms with Gasteiger partial charge in [-0.05, 0) is 24.6 Å². The first-order chi connectivity index (χ1) is 8.71. The van der Waals surface area contributed by atoms with Crippen molar-refractivity contribution in [1.82, 2.24) is 16.0 Å². The molecule has 0 saturated carbocycles. The van der Waals surface area contributed by atoms with Gasteiger partial charge < -0.3 is 16.0 Å². The van der Waals surface area contributed by atoms with Crippen LogP contribution in [0.15, 0.2) is 29.3 Å². The van der Waals surface area contributed by atoms with Crippen LogP contribution in [0.4, 0.5) is 0 Å². The van der Waals surface area contributed by atoms with E-state index in [1.54, 1.807) is 7.05 Å². The molecular weight excluding hydrogens is 355 g/mol. The van der Waals surface area contributed by atoms with Crippen molar-refractivity contribution < 1.29 is 4.79 Å². The van der Waals surface area contributed by atoms with Gasteiger partial charge in [0, 0.05) is 32.7 Å². The van der Waals surface area contributed by atoms with E-state index in [2.05, 4.69) is 20.9 Å². The average molecular weight is 376 g/mol. The Morgan fingerprint density at radius 3 is 2.32 bits per heavy atom. The number of nitrogens with zero attached hydrogens (tertiary/aromatic N) is 1. The Balaban J connectivity index is 0.00000324. The molecule has 0 aliphatic rings. The normalized spacial score (nSPS) is 10.4. The zero-order valence-electron chi connectivity index (χ0n) is 11.5. The summed E-state index contributed by atoms with van der Waals surface area (Å²) in [5.41, 5.74) is 1.78. The Morgan fingerprint density at radius 1 is 1.21 bits per heavy atom. The fraction of sp³-hybridized carbons (Fsp3) is 0.385. The van der Waals surface area contributed by atoms with Crippen LogP contribution in [0, 0.1) is 0 Å². The third-order valence-electron chi connectivity index (χ3n) is 2.47. The SMILES string of the molecule is CCNC(=O)c1ccc(CNC(=NC)NC)cc1.I. The van der Waals surface area contributed by atoms with E-state index in [0.29, 0.717) is 18.7 Å². The minimum atomic E-state index is -0.0388. The van der Waals surface area contributed by atoms with Crippen LogP contribution >= 0.6 is 24.0 Å². The predicted molar refractivity (Wildman–Crippen MR) is 89.1 cm³/mol. The van der Waals surface area contributed by atoms with Crippen LogP contribution in [-0.4, -0.2) is 32.5 Å². The lowest BCUT2D eigenvalue weighted by molar-refractivity contribution is 0.0956. The third-order valence-corrected chi connectivity index (χ3v) is 2.47. The number of amides is 1. The number of rotatable bonds is 4. The molecule has 0 fully saturated rings. The number of aliphatic imine (C=N–C) groups is 1. The fourth-order valence-corrected chi connectivity index (χ4v) is 1.50. The summed E-state index contributed by atoms with van der Waals surface area (Å²) < 4.78 is 0. The van der Waals surface area contributed by atoms with Gasteiger partial charge in [-0.15, -0.1) is 24.0 Å². The van der Waals surface area contributed by atoms with Crippen LogP contribution in [0.5, 0.6) is 0 Å². The van der Waals surface area contributed by atoms with Gasteiger partial charge in [-0.2, -0.15) is 0 Å². The fourth-order valence-electron chi connectivity index (χ4n) is 1.50. The molecule has 0 aromatic heterocycles. The Bertz CT molecular complexity index is 417. The van der Waals surface area contributed by atoms with Crippen molar-refractivity contribution in [3.63, 3.8) is 0 Å². The molecule has 1 rings (SSSR count). The number of guanidine groups is 1. The molecule has 0 unspecified atom stereocenters. The molecule has 19 heavy (non-hydrogen) atoms. The molecule has 0 aliphatic carbocycles. The Labute approximate surface area is 131 Å². The molecule has 1 aromatic rings. The Kier molecular flexibility index (Phi) is 8.94. The van der Waals surface area contributed by atoms with Crippen LogP contribution in [0.3, 0.4) is 0 Å². The number of carbonyl (C=O) groups excluding carboxylic acids is 1. The zero-order valence-corrected chi connectivity index (χ0v) is 13.8. The lowest BCUT2D eigenvalue weighted by atomic mass is 10.1. The van der Waals surface area contributed by atoms with E-state index in [-0.39, 0.29) is 29.9 Å². The summed E-state index contributed by atoms with van der Waals surface area (Å²) in [6, 6.07) is 7.51. The summed E-state index contributed by atoms with van der Waals surface area (Å²) in [6.07, 6.45) is 0. The molecular formula is C13H21IN4O. The molecule has 3 N–H and O–H groups in total. The molecule has 0 aliphatic heterocycles. The van der Waals surface area contributed by atoms with E-state index in [0.717, 1.165) is 11.5 Å². The van der Waals surface area contributed by atoms with E-state index in [4.69, 9.17) is 0 Å². The summed E-state index contributed by atoms with van der Waals surface area (Å²) in [6.45, 7) is 3.21. The van der Waals surface area contributed by atoms with Crippen molar-refractivity contribution >= 4 is 35.8 Å². The molecule has 0 heterocycles. The van der Waals surface area contributed by atoms with Crippen molar-refractivity contribution in [2.45, 2.75) is 13.5 Å². The summed E-state index contributed by atoms with van der Waals surface area (Å²) in [5.74, 6) is 0.700. The highest BCUT2D eigenvalue weighted by molar-refractivity contribution is 14.0. The summed E-state index contributed by atoms with van der Waals surface area (Å²) in [7, 11) is 3.53. The van der Waals surface area contributed by atoms with Gasteiger partial charge in [0.15, 0.2) is 5.96 Å². The quantitative estimate of drug-likeness (QED) is 0.422. The van der Waals surface area contributed by atoms with Crippen molar-refractivity contribution in [3.05, 3.63) is 35.4 Å². The van der Waals surface area contributed by atoms with Crippen molar-refractivity contribution in [2.75, 3.05) is 20.6 Å². The van der Waals surface area contributed by atoms with Gasteiger partial charge in [-0.3, -0.25) is 9.79 Å². The number of carbonyl (C=O) groups is 1. The van der Waals surface area contributed by atoms with Gasteiger partial charge in [0.05, 0.1) is 0 Å². The Morgan fingerprint density at radius 2 is 1.84 bits per heavy atom. The van der Waals surface area contributed by atoms with Crippen molar-refractivity contribution in [1.29, 1.82) is 0 Å². The van der Waals surface area contributed by atoms with Crippen LogP contribution in [0.1, 0.15) is 22.8 Å². The minimum Gasteiger partial charge on any atom is -0.359 e.